The van der Waals surface area contributed by atoms with Crippen LogP contribution in [0.3, 0.4) is 0 Å². The summed E-state index contributed by atoms with van der Waals surface area (Å²) >= 11 is 0. The van der Waals surface area contributed by atoms with E-state index in [1.54, 1.807) is 17.0 Å². The van der Waals surface area contributed by atoms with Crippen LogP contribution < -0.4 is 0 Å². The largest absolute Gasteiger partial charge is 0.469 e. The second-order valence-electron chi connectivity index (χ2n) is 4.18. The Morgan fingerprint density at radius 3 is 2.63 bits per heavy atom. The Balaban J connectivity index is 2.81. The minimum absolute atomic E-state index is 0.0955. The zero-order valence-electron chi connectivity index (χ0n) is 11.4. The molecule has 0 saturated heterocycles. The molecule has 0 unspecified atom stereocenters. The molecule has 102 valence electrons. The molecular weight excluding hydrogens is 242 g/mol. The van der Waals surface area contributed by atoms with E-state index in [0.29, 0.717) is 18.7 Å². The molecular formula is C15H19NO3. The Morgan fingerprint density at radius 2 is 2.05 bits per heavy atom. The van der Waals surface area contributed by atoms with E-state index in [4.69, 9.17) is 0 Å². The van der Waals surface area contributed by atoms with Crippen LogP contribution in [0.1, 0.15) is 22.3 Å². The van der Waals surface area contributed by atoms with Crippen LogP contribution in [0.5, 0.6) is 0 Å². The van der Waals surface area contributed by atoms with Crippen molar-refractivity contribution in [3.8, 4) is 0 Å². The van der Waals surface area contributed by atoms with Crippen LogP contribution in [0.2, 0.25) is 0 Å². The van der Waals surface area contributed by atoms with E-state index in [1.165, 1.54) is 7.11 Å². The fourth-order valence-electron chi connectivity index (χ4n) is 1.74. The Labute approximate surface area is 113 Å². The third-order valence-electron chi connectivity index (χ3n) is 2.83. The summed E-state index contributed by atoms with van der Waals surface area (Å²) < 4.78 is 4.59. The van der Waals surface area contributed by atoms with Gasteiger partial charge in [-0.3, -0.25) is 9.59 Å². The number of methoxy groups -OCH3 is 1. The topological polar surface area (TPSA) is 46.6 Å². The van der Waals surface area contributed by atoms with E-state index in [9.17, 15) is 9.59 Å². The highest BCUT2D eigenvalue weighted by atomic mass is 16.5. The summed E-state index contributed by atoms with van der Waals surface area (Å²) in [5.74, 6) is -0.423. The maximum atomic E-state index is 12.4. The zero-order chi connectivity index (χ0) is 14.3. The fourth-order valence-corrected chi connectivity index (χ4v) is 1.74. The summed E-state index contributed by atoms with van der Waals surface area (Å²) in [7, 11) is 1.34. The van der Waals surface area contributed by atoms with Crippen LogP contribution in [0.25, 0.3) is 0 Å². The van der Waals surface area contributed by atoms with Crippen LogP contribution in [0, 0.1) is 6.92 Å². The zero-order valence-corrected chi connectivity index (χ0v) is 11.4. The lowest BCUT2D eigenvalue weighted by atomic mass is 10.1. The van der Waals surface area contributed by atoms with E-state index >= 15 is 0 Å². The molecule has 1 amide bonds. The summed E-state index contributed by atoms with van der Waals surface area (Å²) in [6.45, 7) is 6.26. The van der Waals surface area contributed by atoms with Gasteiger partial charge in [0.1, 0.15) is 0 Å². The Bertz CT molecular complexity index is 468. The molecule has 1 aromatic rings. The Hall–Kier alpha value is -2.10. The molecule has 4 heteroatoms. The van der Waals surface area contributed by atoms with Gasteiger partial charge in [0.05, 0.1) is 13.5 Å². The van der Waals surface area contributed by atoms with Gasteiger partial charge in [0.25, 0.3) is 5.91 Å². The van der Waals surface area contributed by atoms with Crippen molar-refractivity contribution in [3.05, 3.63) is 48.0 Å². The number of hydrogen-bond acceptors (Lipinski definition) is 3. The molecule has 1 rings (SSSR count). The first-order valence-electron chi connectivity index (χ1n) is 6.12. The van der Waals surface area contributed by atoms with Gasteiger partial charge in [-0.15, -0.1) is 6.58 Å². The molecule has 0 aliphatic heterocycles. The molecule has 0 spiro atoms. The van der Waals surface area contributed by atoms with E-state index in [1.807, 2.05) is 25.1 Å². The lowest BCUT2D eigenvalue weighted by Gasteiger charge is -2.21. The van der Waals surface area contributed by atoms with Crippen molar-refractivity contribution in [2.75, 3.05) is 20.2 Å². The van der Waals surface area contributed by atoms with Crippen molar-refractivity contribution >= 4 is 11.9 Å². The van der Waals surface area contributed by atoms with Crippen molar-refractivity contribution < 1.29 is 14.3 Å². The number of ether oxygens (including phenoxy) is 1. The first-order chi connectivity index (χ1) is 9.10. The lowest BCUT2D eigenvalue weighted by Crippen LogP contribution is -2.33. The normalized spacial score (nSPS) is 9.79. The Morgan fingerprint density at radius 1 is 1.37 bits per heavy atom. The first-order valence-corrected chi connectivity index (χ1v) is 6.12. The molecule has 0 radical (unpaired) electrons. The SMILES string of the molecule is C=CCN(CCC(=O)OC)C(=O)c1ccccc1C. The van der Waals surface area contributed by atoms with E-state index in [0.717, 1.165) is 5.56 Å². The van der Waals surface area contributed by atoms with E-state index in [-0.39, 0.29) is 18.3 Å². The van der Waals surface area contributed by atoms with Gasteiger partial charge in [0, 0.05) is 18.7 Å². The van der Waals surface area contributed by atoms with Crippen molar-refractivity contribution in [1.82, 2.24) is 4.90 Å². The van der Waals surface area contributed by atoms with Crippen molar-refractivity contribution in [2.45, 2.75) is 13.3 Å². The summed E-state index contributed by atoms with van der Waals surface area (Å²) in [5.41, 5.74) is 1.56. The van der Waals surface area contributed by atoms with Crippen LogP contribution >= 0.6 is 0 Å². The number of nitrogens with zero attached hydrogens (tertiary/aromatic N) is 1. The third kappa shape index (κ3) is 4.25. The minimum atomic E-state index is -0.327. The number of aryl methyl sites for hydroxylation is 1. The van der Waals surface area contributed by atoms with E-state index < -0.39 is 0 Å². The molecule has 0 heterocycles. The summed E-state index contributed by atoms with van der Waals surface area (Å²) in [6.07, 6.45) is 1.83. The summed E-state index contributed by atoms with van der Waals surface area (Å²) in [6, 6.07) is 7.39. The monoisotopic (exact) mass is 261 g/mol. The predicted molar refractivity (Wildman–Crippen MR) is 73.9 cm³/mol. The molecule has 0 aliphatic rings. The number of carbonyl (C=O) groups is 2. The van der Waals surface area contributed by atoms with Gasteiger partial charge < -0.3 is 9.64 Å². The maximum absolute atomic E-state index is 12.4. The number of carbonyl (C=O) groups excluding carboxylic acids is 2. The van der Waals surface area contributed by atoms with Gasteiger partial charge in [0.15, 0.2) is 0 Å². The number of benzene rings is 1. The second kappa shape index (κ2) is 7.36. The average Bonchev–Trinajstić information content (AvgIpc) is 2.42. The second-order valence-corrected chi connectivity index (χ2v) is 4.18. The molecule has 0 fully saturated rings. The molecule has 0 N–H and O–H groups in total. The number of esters is 1. The first kappa shape index (κ1) is 15.0. The van der Waals surface area contributed by atoms with Crippen molar-refractivity contribution in [1.29, 1.82) is 0 Å². The van der Waals surface area contributed by atoms with Crippen LogP contribution in [0.15, 0.2) is 36.9 Å². The smallest absolute Gasteiger partial charge is 0.307 e. The fraction of sp³-hybridized carbons (Fsp3) is 0.333. The van der Waals surface area contributed by atoms with Gasteiger partial charge >= 0.3 is 5.97 Å². The summed E-state index contributed by atoms with van der Waals surface area (Å²) in [5, 5.41) is 0. The third-order valence-corrected chi connectivity index (χ3v) is 2.83. The highest BCUT2D eigenvalue weighted by Gasteiger charge is 2.17. The lowest BCUT2D eigenvalue weighted by molar-refractivity contribution is -0.140. The van der Waals surface area contributed by atoms with Gasteiger partial charge in [-0.05, 0) is 18.6 Å². The number of amides is 1. The molecule has 1 aromatic carbocycles. The van der Waals surface area contributed by atoms with Crippen molar-refractivity contribution in [2.24, 2.45) is 0 Å². The molecule has 19 heavy (non-hydrogen) atoms. The van der Waals surface area contributed by atoms with Crippen LogP contribution in [-0.2, 0) is 9.53 Å². The van der Waals surface area contributed by atoms with Gasteiger partial charge in [-0.1, -0.05) is 24.3 Å². The Kier molecular flexibility index (Phi) is 5.79. The highest BCUT2D eigenvalue weighted by Crippen LogP contribution is 2.11. The molecule has 4 nitrogen and oxygen atoms in total. The molecule has 0 aliphatic carbocycles. The maximum Gasteiger partial charge on any atom is 0.307 e. The number of hydrogen-bond donors (Lipinski definition) is 0. The molecule has 0 aromatic heterocycles. The van der Waals surface area contributed by atoms with E-state index in [2.05, 4.69) is 11.3 Å². The van der Waals surface area contributed by atoms with Gasteiger partial charge in [-0.2, -0.15) is 0 Å². The molecule has 0 saturated carbocycles. The number of rotatable bonds is 6. The van der Waals surface area contributed by atoms with Crippen LogP contribution in [-0.4, -0.2) is 37.0 Å². The highest BCUT2D eigenvalue weighted by molar-refractivity contribution is 5.95. The minimum Gasteiger partial charge on any atom is -0.469 e. The molecule has 0 bridgehead atoms. The quantitative estimate of drug-likeness (QED) is 0.582. The standard InChI is InChI=1S/C15H19NO3/c1-4-10-16(11-9-14(17)19-3)15(18)13-8-6-5-7-12(13)2/h4-8H,1,9-11H2,2-3H3. The van der Waals surface area contributed by atoms with Crippen LogP contribution in [0.4, 0.5) is 0 Å². The average molecular weight is 261 g/mol. The summed E-state index contributed by atoms with van der Waals surface area (Å²) in [4.78, 5) is 25.1. The molecule has 0 atom stereocenters. The van der Waals surface area contributed by atoms with Gasteiger partial charge in [-0.25, -0.2) is 0 Å². The van der Waals surface area contributed by atoms with Gasteiger partial charge in [0.2, 0.25) is 0 Å². The predicted octanol–water partition coefficient (Wildman–Crippen LogP) is 2.19. The van der Waals surface area contributed by atoms with Crippen molar-refractivity contribution in [3.63, 3.8) is 0 Å².